The second-order valence-electron chi connectivity index (χ2n) is 5.86. The van der Waals surface area contributed by atoms with Gasteiger partial charge < -0.3 is 19.5 Å². The molecule has 6 nitrogen and oxygen atoms in total. The maximum Gasteiger partial charge on any atom is 0.335 e. The number of hydrogen-bond acceptors (Lipinski definition) is 4. The van der Waals surface area contributed by atoms with Gasteiger partial charge in [0, 0.05) is 13.6 Å². The predicted molar refractivity (Wildman–Crippen MR) is 97.6 cm³/mol. The molecule has 0 bridgehead atoms. The Labute approximate surface area is 153 Å². The Morgan fingerprint density at radius 2 is 1.54 bits per heavy atom. The summed E-state index contributed by atoms with van der Waals surface area (Å²) < 4.78 is 11.0. The Morgan fingerprint density at radius 1 is 0.962 bits per heavy atom. The number of amides is 1. The lowest BCUT2D eigenvalue weighted by atomic mass is 10.1. The summed E-state index contributed by atoms with van der Waals surface area (Å²) >= 11 is 0. The summed E-state index contributed by atoms with van der Waals surface area (Å²) in [6, 6.07) is 13.6. The Kier molecular flexibility index (Phi) is 7.02. The third-order valence-corrected chi connectivity index (χ3v) is 3.71. The molecule has 0 saturated carbocycles. The van der Waals surface area contributed by atoms with E-state index in [4.69, 9.17) is 14.6 Å². The van der Waals surface area contributed by atoms with E-state index >= 15 is 0 Å². The monoisotopic (exact) mass is 357 g/mol. The molecule has 0 aliphatic carbocycles. The van der Waals surface area contributed by atoms with Crippen LogP contribution in [0.5, 0.6) is 11.5 Å². The Balaban J connectivity index is 1.82. The molecule has 26 heavy (non-hydrogen) atoms. The zero-order chi connectivity index (χ0) is 18.9. The van der Waals surface area contributed by atoms with Gasteiger partial charge in [0.2, 0.25) is 0 Å². The first kappa shape index (κ1) is 19.3. The highest BCUT2D eigenvalue weighted by molar-refractivity contribution is 5.87. The van der Waals surface area contributed by atoms with E-state index in [1.54, 1.807) is 31.3 Å². The molecule has 1 amide bonds. The highest BCUT2D eigenvalue weighted by Crippen LogP contribution is 2.18. The van der Waals surface area contributed by atoms with Gasteiger partial charge in [0.05, 0.1) is 12.2 Å². The van der Waals surface area contributed by atoms with Crippen LogP contribution in [0.2, 0.25) is 0 Å². The number of carbonyl (C=O) groups is 2. The van der Waals surface area contributed by atoms with Gasteiger partial charge in [0.25, 0.3) is 5.91 Å². The molecule has 138 valence electrons. The maximum absolute atomic E-state index is 12.2. The molecular weight excluding hydrogens is 334 g/mol. The van der Waals surface area contributed by atoms with Gasteiger partial charge >= 0.3 is 5.97 Å². The van der Waals surface area contributed by atoms with Crippen LogP contribution in [0.4, 0.5) is 0 Å². The minimum Gasteiger partial charge on any atom is -0.494 e. The minimum atomic E-state index is -0.972. The van der Waals surface area contributed by atoms with Crippen molar-refractivity contribution in [2.24, 2.45) is 0 Å². The number of likely N-dealkylation sites (N-methyl/N-ethyl adjacent to an activating group) is 1. The average Bonchev–Trinajstić information content (AvgIpc) is 2.65. The third-order valence-electron chi connectivity index (χ3n) is 3.71. The number of aromatic carboxylic acids is 1. The highest BCUT2D eigenvalue weighted by Gasteiger charge is 2.11. The lowest BCUT2D eigenvalue weighted by molar-refractivity contribution is -0.132. The molecule has 0 aliphatic rings. The normalized spacial score (nSPS) is 10.2. The molecule has 0 saturated heterocycles. The van der Waals surface area contributed by atoms with Crippen molar-refractivity contribution in [3.63, 3.8) is 0 Å². The van der Waals surface area contributed by atoms with Crippen molar-refractivity contribution in [1.82, 2.24) is 4.90 Å². The molecule has 0 atom stereocenters. The lowest BCUT2D eigenvalue weighted by Crippen LogP contribution is -2.30. The van der Waals surface area contributed by atoms with Gasteiger partial charge in [-0.05, 0) is 48.4 Å². The number of rotatable bonds is 9. The molecule has 0 fully saturated rings. The SMILES string of the molecule is CCCOc1ccc(OCC(=O)N(C)Cc2ccc(C(=O)O)cc2)cc1. The van der Waals surface area contributed by atoms with Crippen molar-refractivity contribution in [3.05, 3.63) is 59.7 Å². The summed E-state index contributed by atoms with van der Waals surface area (Å²) in [4.78, 5) is 24.6. The Morgan fingerprint density at radius 3 is 2.08 bits per heavy atom. The number of benzene rings is 2. The highest BCUT2D eigenvalue weighted by atomic mass is 16.5. The zero-order valence-corrected chi connectivity index (χ0v) is 15.0. The topological polar surface area (TPSA) is 76.1 Å². The quantitative estimate of drug-likeness (QED) is 0.746. The van der Waals surface area contributed by atoms with Crippen molar-refractivity contribution < 1.29 is 24.2 Å². The van der Waals surface area contributed by atoms with Crippen LogP contribution in [0.3, 0.4) is 0 Å². The van der Waals surface area contributed by atoms with Gasteiger partial charge in [-0.2, -0.15) is 0 Å². The van der Waals surface area contributed by atoms with E-state index in [1.807, 2.05) is 19.1 Å². The van der Waals surface area contributed by atoms with E-state index < -0.39 is 5.97 Å². The first-order valence-electron chi connectivity index (χ1n) is 8.41. The van der Waals surface area contributed by atoms with Crippen molar-refractivity contribution in [1.29, 1.82) is 0 Å². The van der Waals surface area contributed by atoms with Gasteiger partial charge in [0.1, 0.15) is 11.5 Å². The van der Waals surface area contributed by atoms with Crippen molar-refractivity contribution >= 4 is 11.9 Å². The molecule has 2 rings (SSSR count). The molecule has 0 heterocycles. The summed E-state index contributed by atoms with van der Waals surface area (Å²) in [7, 11) is 1.68. The largest absolute Gasteiger partial charge is 0.494 e. The van der Waals surface area contributed by atoms with E-state index in [0.29, 0.717) is 18.9 Å². The van der Waals surface area contributed by atoms with Gasteiger partial charge in [-0.25, -0.2) is 4.79 Å². The van der Waals surface area contributed by atoms with Crippen LogP contribution >= 0.6 is 0 Å². The van der Waals surface area contributed by atoms with Gasteiger partial charge in [-0.15, -0.1) is 0 Å². The number of nitrogens with zero attached hydrogens (tertiary/aromatic N) is 1. The molecule has 0 radical (unpaired) electrons. The lowest BCUT2D eigenvalue weighted by Gasteiger charge is -2.18. The predicted octanol–water partition coefficient (Wildman–Crippen LogP) is 3.21. The number of hydrogen-bond donors (Lipinski definition) is 1. The van der Waals surface area contributed by atoms with Crippen LogP contribution in [0.1, 0.15) is 29.3 Å². The van der Waals surface area contributed by atoms with E-state index in [1.165, 1.54) is 17.0 Å². The summed E-state index contributed by atoms with van der Waals surface area (Å²) in [5, 5.41) is 8.89. The molecule has 0 spiro atoms. The van der Waals surface area contributed by atoms with E-state index in [2.05, 4.69) is 0 Å². The molecule has 0 aliphatic heterocycles. The van der Waals surface area contributed by atoms with Gasteiger partial charge in [0.15, 0.2) is 6.61 Å². The van der Waals surface area contributed by atoms with E-state index in [-0.39, 0.29) is 18.1 Å². The number of ether oxygens (including phenoxy) is 2. The summed E-state index contributed by atoms with van der Waals surface area (Å²) in [5.41, 5.74) is 1.07. The van der Waals surface area contributed by atoms with Crippen molar-refractivity contribution in [3.8, 4) is 11.5 Å². The Hall–Kier alpha value is -3.02. The molecule has 0 aromatic heterocycles. The van der Waals surface area contributed by atoms with Crippen molar-refractivity contribution in [2.45, 2.75) is 19.9 Å². The van der Waals surface area contributed by atoms with E-state index in [0.717, 1.165) is 17.7 Å². The van der Waals surface area contributed by atoms with Crippen LogP contribution in [0, 0.1) is 0 Å². The number of carboxylic acid groups (broad SMARTS) is 1. The maximum atomic E-state index is 12.2. The number of carbonyl (C=O) groups excluding carboxylic acids is 1. The fourth-order valence-electron chi connectivity index (χ4n) is 2.22. The molecule has 2 aromatic rings. The smallest absolute Gasteiger partial charge is 0.335 e. The van der Waals surface area contributed by atoms with Gasteiger partial charge in [-0.1, -0.05) is 19.1 Å². The van der Waals surface area contributed by atoms with Crippen LogP contribution in [-0.2, 0) is 11.3 Å². The second-order valence-corrected chi connectivity index (χ2v) is 5.86. The van der Waals surface area contributed by atoms with Gasteiger partial charge in [-0.3, -0.25) is 4.79 Å². The van der Waals surface area contributed by atoms with Crippen molar-refractivity contribution in [2.75, 3.05) is 20.3 Å². The van der Waals surface area contributed by atoms with Crippen LogP contribution in [-0.4, -0.2) is 42.1 Å². The first-order chi connectivity index (χ1) is 12.5. The van der Waals surface area contributed by atoms with E-state index in [9.17, 15) is 9.59 Å². The summed E-state index contributed by atoms with van der Waals surface area (Å²) in [6.45, 7) is 3.02. The molecule has 0 unspecified atom stereocenters. The average molecular weight is 357 g/mol. The Bertz CT molecular complexity index is 725. The van der Waals surface area contributed by atoms with Crippen LogP contribution < -0.4 is 9.47 Å². The molecule has 6 heteroatoms. The minimum absolute atomic E-state index is 0.0706. The van der Waals surface area contributed by atoms with Crippen LogP contribution in [0.15, 0.2) is 48.5 Å². The number of carboxylic acids is 1. The molecule has 1 N–H and O–H groups in total. The zero-order valence-electron chi connectivity index (χ0n) is 15.0. The summed E-state index contributed by atoms with van der Waals surface area (Å²) in [6.07, 6.45) is 0.943. The third kappa shape index (κ3) is 5.81. The fraction of sp³-hybridized carbons (Fsp3) is 0.300. The fourth-order valence-corrected chi connectivity index (χ4v) is 2.22. The molecule has 2 aromatic carbocycles. The first-order valence-corrected chi connectivity index (χ1v) is 8.41. The second kappa shape index (κ2) is 9.46. The van der Waals surface area contributed by atoms with Crippen LogP contribution in [0.25, 0.3) is 0 Å². The summed E-state index contributed by atoms with van der Waals surface area (Å²) in [5.74, 6) is 0.230. The molecular formula is C20H23NO5. The standard InChI is InChI=1S/C20H23NO5/c1-3-12-25-17-8-10-18(11-9-17)26-14-19(22)21(2)13-15-4-6-16(7-5-15)20(23)24/h4-11H,3,12-14H2,1-2H3,(H,23,24).